The van der Waals surface area contributed by atoms with Crippen LogP contribution in [0.15, 0.2) is 100 Å². The Morgan fingerprint density at radius 3 is 2.70 bits per heavy atom. The molecule has 1 aromatic heterocycles. The molecule has 5 rings (SSSR count). The molecule has 0 bridgehead atoms. The van der Waals surface area contributed by atoms with Crippen molar-refractivity contribution in [3.63, 3.8) is 0 Å². The number of nitriles is 1. The summed E-state index contributed by atoms with van der Waals surface area (Å²) >= 11 is 1.45. The highest BCUT2D eigenvalue weighted by molar-refractivity contribution is 7.98. The second-order valence-electron chi connectivity index (χ2n) is 7.41. The summed E-state index contributed by atoms with van der Waals surface area (Å²) in [5.41, 5.74) is 4.93. The number of rotatable bonds is 6. The Hall–Kier alpha value is -4.02. The van der Waals surface area contributed by atoms with Crippen LogP contribution < -0.4 is 0 Å². The number of thioether (sulfide) groups is 1. The number of allylic oxidation sites excluding steroid dienone is 4. The predicted molar refractivity (Wildman–Crippen MR) is 125 cm³/mol. The first kappa shape index (κ1) is 20.9. The Labute approximate surface area is 195 Å². The van der Waals surface area contributed by atoms with E-state index in [1.54, 1.807) is 12.3 Å². The maximum Gasteiger partial charge on any atom is 0.287 e. The lowest BCUT2D eigenvalue weighted by atomic mass is 10.0. The Balaban J connectivity index is 1.20. The molecule has 2 heterocycles. The summed E-state index contributed by atoms with van der Waals surface area (Å²) in [4.78, 5) is 0. The summed E-state index contributed by atoms with van der Waals surface area (Å²) in [6, 6.07) is 18.0. The van der Waals surface area contributed by atoms with E-state index in [4.69, 9.17) is 19.2 Å². The van der Waals surface area contributed by atoms with Gasteiger partial charge in [0.1, 0.15) is 12.5 Å². The third kappa shape index (κ3) is 4.92. The lowest BCUT2D eigenvalue weighted by molar-refractivity contribution is 0.271. The molecule has 6 nitrogen and oxygen atoms in total. The summed E-state index contributed by atoms with van der Waals surface area (Å²) in [5.74, 6) is 2.01. The van der Waals surface area contributed by atoms with E-state index >= 15 is 0 Å². The Bertz CT molecular complexity index is 1330. The van der Waals surface area contributed by atoms with Crippen molar-refractivity contribution in [2.24, 2.45) is 0 Å². The highest BCUT2D eigenvalue weighted by Gasteiger charge is 2.21. The van der Waals surface area contributed by atoms with Crippen LogP contribution in [0.5, 0.6) is 0 Å². The summed E-state index contributed by atoms with van der Waals surface area (Å²) < 4.78 is 17.1. The number of aromatic nitrogens is 2. The minimum Gasteiger partial charge on any atom is -0.465 e. The largest absolute Gasteiger partial charge is 0.465 e. The third-order valence-electron chi connectivity index (χ3n) is 5.16. The van der Waals surface area contributed by atoms with Crippen LogP contribution in [0.1, 0.15) is 29.9 Å². The first-order valence-electron chi connectivity index (χ1n) is 10.4. The van der Waals surface area contributed by atoms with Gasteiger partial charge in [0.15, 0.2) is 5.76 Å². The maximum absolute atomic E-state index is 9.09. The molecule has 0 unspecified atom stereocenters. The Kier molecular flexibility index (Phi) is 6.09. The van der Waals surface area contributed by atoms with E-state index in [1.165, 1.54) is 18.0 Å². The zero-order valence-electron chi connectivity index (χ0n) is 17.6. The summed E-state index contributed by atoms with van der Waals surface area (Å²) in [6.45, 7) is 0. The van der Waals surface area contributed by atoms with Gasteiger partial charge in [0, 0.05) is 5.75 Å². The predicted octanol–water partition coefficient (Wildman–Crippen LogP) is 6.36. The maximum atomic E-state index is 9.09. The SMILES string of the molecule is N#Cc1cccc(-c2ccc(CSc3nnc(C4=COC=C(C5=CC=CCC5)O4)o3)cc2)c1. The minimum atomic E-state index is 0.280. The average Bonchev–Trinajstić information content (AvgIpc) is 3.38. The topological polar surface area (TPSA) is 81.2 Å². The molecular formula is C26H19N3O3S. The molecule has 162 valence electrons. The Morgan fingerprint density at radius 2 is 1.88 bits per heavy atom. The van der Waals surface area contributed by atoms with E-state index in [9.17, 15) is 0 Å². The third-order valence-corrected chi connectivity index (χ3v) is 6.05. The monoisotopic (exact) mass is 453 g/mol. The van der Waals surface area contributed by atoms with Gasteiger partial charge in [0.25, 0.3) is 11.1 Å². The van der Waals surface area contributed by atoms with Crippen molar-refractivity contribution in [1.82, 2.24) is 10.2 Å². The van der Waals surface area contributed by atoms with Crippen LogP contribution in [0.25, 0.3) is 16.9 Å². The van der Waals surface area contributed by atoms with Gasteiger partial charge in [0.05, 0.1) is 11.6 Å². The van der Waals surface area contributed by atoms with Crippen LogP contribution in [-0.4, -0.2) is 10.2 Å². The van der Waals surface area contributed by atoms with Gasteiger partial charge in [-0.2, -0.15) is 5.26 Å². The summed E-state index contributed by atoms with van der Waals surface area (Å²) in [5, 5.41) is 17.8. The van der Waals surface area contributed by atoms with Gasteiger partial charge in [-0.05, 0) is 47.2 Å². The van der Waals surface area contributed by atoms with E-state index in [2.05, 4.69) is 34.5 Å². The molecule has 1 aliphatic carbocycles. The van der Waals surface area contributed by atoms with Gasteiger partial charge in [-0.3, -0.25) is 0 Å². The van der Waals surface area contributed by atoms with Crippen LogP contribution >= 0.6 is 11.8 Å². The molecule has 0 radical (unpaired) electrons. The molecule has 33 heavy (non-hydrogen) atoms. The van der Waals surface area contributed by atoms with Crippen molar-refractivity contribution in [2.45, 2.75) is 23.8 Å². The van der Waals surface area contributed by atoms with Crippen LogP contribution in [0.2, 0.25) is 0 Å². The van der Waals surface area contributed by atoms with Gasteiger partial charge in [-0.25, -0.2) is 0 Å². The first-order valence-corrected chi connectivity index (χ1v) is 11.4. The van der Waals surface area contributed by atoms with E-state index in [-0.39, 0.29) is 5.89 Å². The fourth-order valence-electron chi connectivity index (χ4n) is 3.44. The zero-order chi connectivity index (χ0) is 22.5. The number of hydrogen-bond acceptors (Lipinski definition) is 7. The van der Waals surface area contributed by atoms with Crippen molar-refractivity contribution in [3.05, 3.63) is 108 Å². The lowest BCUT2D eigenvalue weighted by Gasteiger charge is -2.17. The van der Waals surface area contributed by atoms with Crippen molar-refractivity contribution >= 4 is 17.5 Å². The van der Waals surface area contributed by atoms with Gasteiger partial charge >= 0.3 is 0 Å². The van der Waals surface area contributed by atoms with Gasteiger partial charge in [-0.1, -0.05) is 66.4 Å². The standard InChI is InChI=1S/C26H19N3O3S/c27-14-19-5-4-8-22(13-19)20-11-9-18(10-12-20)17-33-26-29-28-25(32-26)24-16-30-15-23(31-24)21-6-2-1-3-7-21/h1-2,4-6,8-13,15-16H,3,7,17H2. The van der Waals surface area contributed by atoms with E-state index < -0.39 is 0 Å². The highest BCUT2D eigenvalue weighted by atomic mass is 32.2. The first-order chi connectivity index (χ1) is 16.3. The van der Waals surface area contributed by atoms with Crippen molar-refractivity contribution < 1.29 is 13.9 Å². The number of nitrogens with zero attached hydrogens (tertiary/aromatic N) is 3. The smallest absolute Gasteiger partial charge is 0.287 e. The molecule has 2 aliphatic rings. The quantitative estimate of drug-likeness (QED) is 0.401. The molecule has 7 heteroatoms. The van der Waals surface area contributed by atoms with Crippen molar-refractivity contribution in [3.8, 4) is 17.2 Å². The van der Waals surface area contributed by atoms with Crippen LogP contribution in [0, 0.1) is 11.3 Å². The van der Waals surface area contributed by atoms with E-state index in [0.29, 0.717) is 28.1 Å². The molecule has 0 atom stereocenters. The molecule has 0 fully saturated rings. The number of benzene rings is 2. The molecule has 0 saturated heterocycles. The molecule has 1 aliphatic heterocycles. The van der Waals surface area contributed by atoms with E-state index in [1.807, 2.05) is 42.5 Å². The van der Waals surface area contributed by atoms with Gasteiger partial charge < -0.3 is 13.9 Å². The van der Waals surface area contributed by atoms with Crippen LogP contribution in [0.4, 0.5) is 0 Å². The highest BCUT2D eigenvalue weighted by Crippen LogP contribution is 2.31. The van der Waals surface area contributed by atoms with Crippen molar-refractivity contribution in [1.29, 1.82) is 5.26 Å². The number of hydrogen-bond donors (Lipinski definition) is 0. The fraction of sp³-hybridized carbons (Fsp3) is 0.115. The Morgan fingerprint density at radius 1 is 1.00 bits per heavy atom. The molecule has 0 saturated carbocycles. The zero-order valence-corrected chi connectivity index (χ0v) is 18.4. The molecule has 0 amide bonds. The average molecular weight is 454 g/mol. The number of ether oxygens (including phenoxy) is 2. The molecule has 3 aromatic rings. The van der Waals surface area contributed by atoms with Crippen LogP contribution in [-0.2, 0) is 15.2 Å². The summed E-state index contributed by atoms with van der Waals surface area (Å²) in [6.07, 6.45) is 11.1. The molecular weight excluding hydrogens is 434 g/mol. The normalized spacial score (nSPS) is 14.9. The van der Waals surface area contributed by atoms with Crippen LogP contribution in [0.3, 0.4) is 0 Å². The lowest BCUT2D eigenvalue weighted by Crippen LogP contribution is -2.03. The van der Waals surface area contributed by atoms with E-state index in [0.717, 1.165) is 35.1 Å². The summed E-state index contributed by atoms with van der Waals surface area (Å²) in [7, 11) is 0. The molecule has 0 N–H and O–H groups in total. The van der Waals surface area contributed by atoms with Gasteiger partial charge in [-0.15, -0.1) is 10.2 Å². The molecule has 2 aromatic carbocycles. The second-order valence-corrected chi connectivity index (χ2v) is 8.34. The minimum absolute atomic E-state index is 0.280. The fourth-order valence-corrected chi connectivity index (χ4v) is 4.16. The molecule has 0 spiro atoms. The van der Waals surface area contributed by atoms with Crippen molar-refractivity contribution in [2.75, 3.05) is 0 Å². The second kappa shape index (κ2) is 9.63. The van der Waals surface area contributed by atoms with Gasteiger partial charge in [0.2, 0.25) is 5.76 Å².